The summed E-state index contributed by atoms with van der Waals surface area (Å²) in [5.41, 5.74) is 1.79. The largest absolute Gasteiger partial charge is 0.481 e. The molecule has 0 aliphatic carbocycles. The van der Waals surface area contributed by atoms with Crippen LogP contribution in [0.1, 0.15) is 12.0 Å². The van der Waals surface area contributed by atoms with Gasteiger partial charge in [0.15, 0.2) is 0 Å². The number of carbonyl (C=O) groups is 2. The molecule has 1 saturated heterocycles. The SMILES string of the molecule is Cc1ccc(N2C(=O)N(C)CC2CC(=O)O)cc1Br. The lowest BCUT2D eigenvalue weighted by Crippen LogP contribution is -2.35. The topological polar surface area (TPSA) is 60.9 Å². The van der Waals surface area contributed by atoms with E-state index in [2.05, 4.69) is 15.9 Å². The van der Waals surface area contributed by atoms with Crippen molar-refractivity contribution in [3.63, 3.8) is 0 Å². The Morgan fingerprint density at radius 3 is 2.79 bits per heavy atom. The smallest absolute Gasteiger partial charge is 0.324 e. The molecule has 1 heterocycles. The number of anilines is 1. The van der Waals surface area contributed by atoms with Gasteiger partial charge in [-0.15, -0.1) is 0 Å². The minimum atomic E-state index is -0.899. The molecule has 19 heavy (non-hydrogen) atoms. The second kappa shape index (κ2) is 5.21. The zero-order valence-corrected chi connectivity index (χ0v) is 12.3. The highest BCUT2D eigenvalue weighted by Crippen LogP contribution is 2.29. The summed E-state index contributed by atoms with van der Waals surface area (Å²) < 4.78 is 0.904. The number of carboxylic acid groups (broad SMARTS) is 1. The third-order valence-corrected chi connectivity index (χ3v) is 4.08. The minimum absolute atomic E-state index is 0.0540. The summed E-state index contributed by atoms with van der Waals surface area (Å²) in [4.78, 5) is 26.1. The highest BCUT2D eigenvalue weighted by molar-refractivity contribution is 9.10. The van der Waals surface area contributed by atoms with Gasteiger partial charge in [0, 0.05) is 23.8 Å². The van der Waals surface area contributed by atoms with Crippen LogP contribution in [0, 0.1) is 6.92 Å². The van der Waals surface area contributed by atoms with Crippen LogP contribution in [-0.2, 0) is 4.79 Å². The monoisotopic (exact) mass is 326 g/mol. The maximum atomic E-state index is 12.1. The fraction of sp³-hybridized carbons (Fsp3) is 0.385. The quantitative estimate of drug-likeness (QED) is 0.928. The molecule has 1 unspecified atom stereocenters. The van der Waals surface area contributed by atoms with Crippen molar-refractivity contribution < 1.29 is 14.7 Å². The number of amides is 2. The predicted molar refractivity (Wildman–Crippen MR) is 75.4 cm³/mol. The number of urea groups is 1. The van der Waals surface area contributed by atoms with Gasteiger partial charge in [0.2, 0.25) is 0 Å². The molecule has 1 aliphatic heterocycles. The summed E-state index contributed by atoms with van der Waals surface area (Å²) in [6.07, 6.45) is -0.0540. The third-order valence-electron chi connectivity index (χ3n) is 3.23. The van der Waals surface area contributed by atoms with Crippen LogP contribution in [0.15, 0.2) is 22.7 Å². The fourth-order valence-corrected chi connectivity index (χ4v) is 2.59. The van der Waals surface area contributed by atoms with Crippen LogP contribution in [-0.4, -0.2) is 41.6 Å². The van der Waals surface area contributed by atoms with Gasteiger partial charge in [0.1, 0.15) is 0 Å². The number of benzene rings is 1. The predicted octanol–water partition coefficient (Wildman–Crippen LogP) is 2.47. The van der Waals surface area contributed by atoms with E-state index in [1.165, 1.54) is 0 Å². The van der Waals surface area contributed by atoms with E-state index in [1.807, 2.05) is 25.1 Å². The van der Waals surface area contributed by atoms with Crippen molar-refractivity contribution in [1.82, 2.24) is 4.90 Å². The van der Waals surface area contributed by atoms with Crippen LogP contribution in [0.4, 0.5) is 10.5 Å². The molecular formula is C13H15BrN2O3. The van der Waals surface area contributed by atoms with Gasteiger partial charge in [0.25, 0.3) is 0 Å². The van der Waals surface area contributed by atoms with E-state index in [4.69, 9.17) is 5.11 Å². The third kappa shape index (κ3) is 2.73. The summed E-state index contributed by atoms with van der Waals surface area (Å²) in [7, 11) is 1.68. The molecule has 5 nitrogen and oxygen atoms in total. The minimum Gasteiger partial charge on any atom is -0.481 e. The molecule has 1 aromatic rings. The second-order valence-electron chi connectivity index (χ2n) is 4.72. The van der Waals surface area contributed by atoms with Crippen molar-refractivity contribution in [1.29, 1.82) is 0 Å². The lowest BCUT2D eigenvalue weighted by Gasteiger charge is -2.22. The molecule has 1 N–H and O–H groups in total. The summed E-state index contributed by atoms with van der Waals surface area (Å²) in [5, 5.41) is 8.94. The average Bonchev–Trinajstić information content (AvgIpc) is 2.58. The van der Waals surface area contributed by atoms with Gasteiger partial charge in [-0.25, -0.2) is 4.79 Å². The Balaban J connectivity index is 2.35. The molecule has 6 heteroatoms. The molecule has 1 aromatic carbocycles. The highest BCUT2D eigenvalue weighted by Gasteiger charge is 2.37. The summed E-state index contributed by atoms with van der Waals surface area (Å²) >= 11 is 3.43. The Morgan fingerprint density at radius 1 is 1.53 bits per heavy atom. The zero-order chi connectivity index (χ0) is 14.2. The number of hydrogen-bond donors (Lipinski definition) is 1. The molecule has 1 fully saturated rings. The first-order valence-electron chi connectivity index (χ1n) is 5.92. The van der Waals surface area contributed by atoms with Gasteiger partial charge >= 0.3 is 12.0 Å². The van der Waals surface area contributed by atoms with Crippen LogP contribution in [0.5, 0.6) is 0 Å². The molecule has 0 aromatic heterocycles. The van der Waals surface area contributed by atoms with Crippen molar-refractivity contribution in [2.75, 3.05) is 18.5 Å². The van der Waals surface area contributed by atoms with E-state index in [9.17, 15) is 9.59 Å². The van der Waals surface area contributed by atoms with Crippen molar-refractivity contribution in [2.24, 2.45) is 0 Å². The van der Waals surface area contributed by atoms with Crippen molar-refractivity contribution in [3.05, 3.63) is 28.2 Å². The molecular weight excluding hydrogens is 312 g/mol. The Labute approximate surface area is 119 Å². The van der Waals surface area contributed by atoms with Gasteiger partial charge in [-0.05, 0) is 24.6 Å². The number of carbonyl (C=O) groups excluding carboxylic acids is 1. The van der Waals surface area contributed by atoms with E-state index >= 15 is 0 Å². The van der Waals surface area contributed by atoms with Crippen molar-refractivity contribution in [3.8, 4) is 0 Å². The first kappa shape index (κ1) is 13.9. The molecule has 0 radical (unpaired) electrons. The Bertz CT molecular complexity index is 533. The average molecular weight is 327 g/mol. The van der Waals surface area contributed by atoms with Gasteiger partial charge in [-0.3, -0.25) is 9.69 Å². The van der Waals surface area contributed by atoms with Gasteiger partial charge in [-0.1, -0.05) is 22.0 Å². The number of carboxylic acids is 1. The lowest BCUT2D eigenvalue weighted by atomic mass is 10.1. The standard InChI is InChI=1S/C13H15BrN2O3/c1-8-3-4-9(5-11(8)14)16-10(6-12(17)18)7-15(2)13(16)19/h3-5,10H,6-7H2,1-2H3,(H,17,18). The lowest BCUT2D eigenvalue weighted by molar-refractivity contribution is -0.137. The van der Waals surface area contributed by atoms with E-state index in [-0.39, 0.29) is 18.5 Å². The van der Waals surface area contributed by atoms with Crippen molar-refractivity contribution in [2.45, 2.75) is 19.4 Å². The van der Waals surface area contributed by atoms with Gasteiger partial charge < -0.3 is 10.0 Å². The Kier molecular flexibility index (Phi) is 3.80. The number of likely N-dealkylation sites (N-methyl/N-ethyl adjacent to an activating group) is 1. The van der Waals surface area contributed by atoms with Crippen LogP contribution in [0.25, 0.3) is 0 Å². The molecule has 1 aliphatic rings. The summed E-state index contributed by atoms with van der Waals surface area (Å²) in [5.74, 6) is -0.899. The van der Waals surface area contributed by atoms with E-state index in [0.717, 1.165) is 15.7 Å². The van der Waals surface area contributed by atoms with Crippen LogP contribution >= 0.6 is 15.9 Å². The number of halogens is 1. The fourth-order valence-electron chi connectivity index (χ4n) is 2.23. The number of aliphatic carboxylic acids is 1. The number of aryl methyl sites for hydroxylation is 1. The molecule has 0 bridgehead atoms. The van der Waals surface area contributed by atoms with E-state index < -0.39 is 5.97 Å². The maximum Gasteiger partial charge on any atom is 0.324 e. The summed E-state index contributed by atoms with van der Waals surface area (Å²) in [6.45, 7) is 2.39. The summed E-state index contributed by atoms with van der Waals surface area (Å²) in [6, 6.07) is 5.10. The first-order valence-corrected chi connectivity index (χ1v) is 6.71. The first-order chi connectivity index (χ1) is 8.90. The van der Waals surface area contributed by atoms with Gasteiger partial charge in [-0.2, -0.15) is 0 Å². The normalized spacial score (nSPS) is 19.1. The second-order valence-corrected chi connectivity index (χ2v) is 5.57. The molecule has 0 spiro atoms. The number of rotatable bonds is 3. The molecule has 2 rings (SSSR count). The maximum absolute atomic E-state index is 12.1. The highest BCUT2D eigenvalue weighted by atomic mass is 79.9. The molecule has 0 saturated carbocycles. The zero-order valence-electron chi connectivity index (χ0n) is 10.8. The molecule has 2 amide bonds. The Morgan fingerprint density at radius 2 is 2.21 bits per heavy atom. The van der Waals surface area contributed by atoms with Crippen LogP contribution < -0.4 is 4.90 Å². The molecule has 102 valence electrons. The molecule has 1 atom stereocenters. The number of hydrogen-bond acceptors (Lipinski definition) is 2. The van der Waals surface area contributed by atoms with Crippen molar-refractivity contribution >= 4 is 33.6 Å². The van der Waals surface area contributed by atoms with E-state index in [0.29, 0.717) is 6.54 Å². The number of nitrogens with zero attached hydrogens (tertiary/aromatic N) is 2. The van der Waals surface area contributed by atoms with Crippen LogP contribution in [0.2, 0.25) is 0 Å². The van der Waals surface area contributed by atoms with Gasteiger partial charge in [0.05, 0.1) is 12.5 Å². The van der Waals surface area contributed by atoms with Crippen LogP contribution in [0.3, 0.4) is 0 Å². The van der Waals surface area contributed by atoms with E-state index in [1.54, 1.807) is 16.8 Å². The Hall–Kier alpha value is -1.56.